The van der Waals surface area contributed by atoms with Crippen LogP contribution < -0.4 is 0 Å². The zero-order chi connectivity index (χ0) is 16.7. The van der Waals surface area contributed by atoms with Crippen LogP contribution in [-0.4, -0.2) is 38.4 Å². The van der Waals surface area contributed by atoms with Crippen molar-refractivity contribution in [1.82, 2.24) is 19.4 Å². The summed E-state index contributed by atoms with van der Waals surface area (Å²) >= 11 is 0. The maximum atomic E-state index is 12.7. The second kappa shape index (κ2) is 5.74. The Morgan fingerprint density at radius 3 is 2.75 bits per heavy atom. The predicted octanol–water partition coefficient (Wildman–Crippen LogP) is 2.91. The Balaban J connectivity index is 1.56. The molecule has 3 heterocycles. The van der Waals surface area contributed by atoms with E-state index in [4.69, 9.17) is 4.98 Å². The van der Waals surface area contributed by atoms with Crippen LogP contribution in [-0.2, 0) is 7.05 Å². The summed E-state index contributed by atoms with van der Waals surface area (Å²) in [5.41, 5.74) is 3.74. The van der Waals surface area contributed by atoms with Crippen LogP contribution in [0.3, 0.4) is 0 Å². The molecule has 0 N–H and O–H groups in total. The van der Waals surface area contributed by atoms with Gasteiger partial charge in [-0.1, -0.05) is 17.7 Å². The number of fused-ring (bicyclic) bond motifs is 1. The van der Waals surface area contributed by atoms with Gasteiger partial charge in [-0.25, -0.2) is 9.97 Å². The zero-order valence-electron chi connectivity index (χ0n) is 13.9. The number of rotatable bonds is 2. The maximum absolute atomic E-state index is 12.7. The molecule has 0 bridgehead atoms. The van der Waals surface area contributed by atoms with Crippen LogP contribution >= 0.6 is 0 Å². The molecule has 3 aromatic rings. The number of hydrogen-bond acceptors (Lipinski definition) is 3. The summed E-state index contributed by atoms with van der Waals surface area (Å²) in [7, 11) is 2.00. The molecule has 4 rings (SSSR count). The number of benzene rings is 1. The molecule has 2 aromatic heterocycles. The average molecular weight is 320 g/mol. The van der Waals surface area contributed by atoms with Crippen LogP contribution in [0.25, 0.3) is 11.2 Å². The van der Waals surface area contributed by atoms with Crippen LogP contribution in [0, 0.1) is 6.92 Å². The summed E-state index contributed by atoms with van der Waals surface area (Å²) < 4.78 is 2.06. The monoisotopic (exact) mass is 320 g/mol. The molecule has 1 atom stereocenters. The number of likely N-dealkylation sites (tertiary alicyclic amines) is 1. The molecule has 0 saturated carbocycles. The van der Waals surface area contributed by atoms with E-state index in [1.807, 2.05) is 55.3 Å². The number of nitrogens with zero attached hydrogens (tertiary/aromatic N) is 4. The molecule has 0 unspecified atom stereocenters. The van der Waals surface area contributed by atoms with Crippen molar-refractivity contribution in [2.24, 2.45) is 7.05 Å². The minimum Gasteiger partial charge on any atom is -0.338 e. The van der Waals surface area contributed by atoms with Gasteiger partial charge in [0, 0.05) is 37.8 Å². The van der Waals surface area contributed by atoms with E-state index in [9.17, 15) is 4.79 Å². The third kappa shape index (κ3) is 2.46. The SMILES string of the molecule is Cc1ccc(C(=O)N2CC[C@H](c3nc4cccnc4n3C)C2)cc1. The van der Waals surface area contributed by atoms with Gasteiger partial charge in [-0.05, 0) is 37.6 Å². The molecule has 5 nitrogen and oxygen atoms in total. The number of hydrogen-bond donors (Lipinski definition) is 0. The van der Waals surface area contributed by atoms with Gasteiger partial charge in [0.2, 0.25) is 0 Å². The van der Waals surface area contributed by atoms with Crippen LogP contribution in [0.2, 0.25) is 0 Å². The second-order valence-electron chi connectivity index (χ2n) is 6.48. The van der Waals surface area contributed by atoms with Gasteiger partial charge in [-0.2, -0.15) is 0 Å². The molecule has 24 heavy (non-hydrogen) atoms. The van der Waals surface area contributed by atoms with Crippen LogP contribution in [0.5, 0.6) is 0 Å². The Hall–Kier alpha value is -2.69. The topological polar surface area (TPSA) is 51.0 Å². The lowest BCUT2D eigenvalue weighted by molar-refractivity contribution is 0.0790. The Morgan fingerprint density at radius 1 is 1.21 bits per heavy atom. The summed E-state index contributed by atoms with van der Waals surface area (Å²) in [6.45, 7) is 3.51. The minimum atomic E-state index is 0.106. The number of imidazole rings is 1. The molecular weight excluding hydrogens is 300 g/mol. The number of aromatic nitrogens is 3. The Morgan fingerprint density at radius 2 is 2.00 bits per heavy atom. The van der Waals surface area contributed by atoms with E-state index in [1.165, 1.54) is 0 Å². The molecule has 1 saturated heterocycles. The van der Waals surface area contributed by atoms with Crippen molar-refractivity contribution in [1.29, 1.82) is 0 Å². The fraction of sp³-hybridized carbons (Fsp3) is 0.316. The van der Waals surface area contributed by atoms with E-state index < -0.39 is 0 Å². The molecule has 0 radical (unpaired) electrons. The highest BCUT2D eigenvalue weighted by Crippen LogP contribution is 2.29. The van der Waals surface area contributed by atoms with Crippen LogP contribution in [0.15, 0.2) is 42.6 Å². The maximum Gasteiger partial charge on any atom is 0.253 e. The summed E-state index contributed by atoms with van der Waals surface area (Å²) in [5.74, 6) is 1.39. The van der Waals surface area contributed by atoms with Crippen molar-refractivity contribution in [3.63, 3.8) is 0 Å². The minimum absolute atomic E-state index is 0.106. The number of pyridine rings is 1. The van der Waals surface area contributed by atoms with E-state index in [0.717, 1.165) is 41.1 Å². The van der Waals surface area contributed by atoms with E-state index in [-0.39, 0.29) is 11.8 Å². The average Bonchev–Trinajstić information content (AvgIpc) is 3.20. The third-order valence-corrected chi connectivity index (χ3v) is 4.80. The van der Waals surface area contributed by atoms with Crippen molar-refractivity contribution >= 4 is 17.1 Å². The summed E-state index contributed by atoms with van der Waals surface area (Å²) in [5, 5.41) is 0. The van der Waals surface area contributed by atoms with Crippen molar-refractivity contribution in [2.75, 3.05) is 13.1 Å². The highest BCUT2D eigenvalue weighted by Gasteiger charge is 2.31. The first kappa shape index (κ1) is 14.9. The molecule has 1 aliphatic heterocycles. The van der Waals surface area contributed by atoms with Gasteiger partial charge in [0.1, 0.15) is 11.3 Å². The smallest absolute Gasteiger partial charge is 0.253 e. The Labute approximate surface area is 140 Å². The van der Waals surface area contributed by atoms with Gasteiger partial charge in [0.25, 0.3) is 5.91 Å². The number of amides is 1. The lowest BCUT2D eigenvalue weighted by Gasteiger charge is -2.16. The van der Waals surface area contributed by atoms with Crippen LogP contribution in [0.1, 0.15) is 34.1 Å². The van der Waals surface area contributed by atoms with Gasteiger partial charge in [-0.15, -0.1) is 0 Å². The fourth-order valence-electron chi connectivity index (χ4n) is 3.44. The summed E-state index contributed by atoms with van der Waals surface area (Å²) in [4.78, 5) is 23.7. The second-order valence-corrected chi connectivity index (χ2v) is 6.48. The molecule has 1 fully saturated rings. The number of carbonyl (C=O) groups excluding carboxylic acids is 1. The van der Waals surface area contributed by atoms with Gasteiger partial charge in [-0.3, -0.25) is 4.79 Å². The Kier molecular flexibility index (Phi) is 3.56. The quantitative estimate of drug-likeness (QED) is 0.729. The first-order valence-electron chi connectivity index (χ1n) is 8.27. The van der Waals surface area contributed by atoms with Crippen molar-refractivity contribution in [2.45, 2.75) is 19.3 Å². The largest absolute Gasteiger partial charge is 0.338 e. The molecule has 1 aromatic carbocycles. The van der Waals surface area contributed by atoms with E-state index >= 15 is 0 Å². The number of aryl methyl sites for hydroxylation is 2. The normalized spacial score (nSPS) is 17.6. The Bertz CT molecular complexity index is 897. The van der Waals surface area contributed by atoms with E-state index in [2.05, 4.69) is 9.55 Å². The molecule has 122 valence electrons. The van der Waals surface area contributed by atoms with Gasteiger partial charge in [0.05, 0.1) is 0 Å². The molecule has 0 aliphatic carbocycles. The standard InChI is InChI=1S/C19H20N4O/c1-13-5-7-14(8-6-13)19(24)23-11-9-15(12-23)17-21-16-4-3-10-20-18(16)22(17)2/h3-8,10,15H,9,11-12H2,1-2H3/t15-/m0/s1. The van der Waals surface area contributed by atoms with Gasteiger partial charge < -0.3 is 9.47 Å². The molecule has 0 spiro atoms. The fourth-order valence-corrected chi connectivity index (χ4v) is 3.44. The van der Waals surface area contributed by atoms with Crippen molar-refractivity contribution < 1.29 is 4.79 Å². The highest BCUT2D eigenvalue weighted by molar-refractivity contribution is 5.94. The highest BCUT2D eigenvalue weighted by atomic mass is 16.2. The zero-order valence-corrected chi connectivity index (χ0v) is 13.9. The van der Waals surface area contributed by atoms with E-state index in [0.29, 0.717) is 6.54 Å². The van der Waals surface area contributed by atoms with Gasteiger partial charge >= 0.3 is 0 Å². The van der Waals surface area contributed by atoms with Crippen molar-refractivity contribution in [3.8, 4) is 0 Å². The lowest BCUT2D eigenvalue weighted by Crippen LogP contribution is -2.28. The lowest BCUT2D eigenvalue weighted by atomic mass is 10.1. The first-order valence-corrected chi connectivity index (χ1v) is 8.27. The predicted molar refractivity (Wildman–Crippen MR) is 92.9 cm³/mol. The first-order chi connectivity index (χ1) is 11.6. The molecule has 1 amide bonds. The summed E-state index contributed by atoms with van der Waals surface area (Å²) in [6, 6.07) is 11.7. The van der Waals surface area contributed by atoms with Crippen molar-refractivity contribution in [3.05, 3.63) is 59.5 Å². The third-order valence-electron chi connectivity index (χ3n) is 4.80. The van der Waals surface area contributed by atoms with E-state index in [1.54, 1.807) is 6.20 Å². The number of carbonyl (C=O) groups is 1. The molecular formula is C19H20N4O. The van der Waals surface area contributed by atoms with Gasteiger partial charge in [0.15, 0.2) is 5.65 Å². The molecule has 1 aliphatic rings. The van der Waals surface area contributed by atoms with Crippen LogP contribution in [0.4, 0.5) is 0 Å². The summed E-state index contributed by atoms with van der Waals surface area (Å²) in [6.07, 6.45) is 2.73. The molecule has 5 heteroatoms.